The van der Waals surface area contributed by atoms with Crippen LogP contribution < -0.4 is 0 Å². The first kappa shape index (κ1) is 8.63. The van der Waals surface area contributed by atoms with Crippen LogP contribution in [0.25, 0.3) is 0 Å². The van der Waals surface area contributed by atoms with Gasteiger partial charge >= 0.3 is 0 Å². The molecule has 0 aromatic rings. The Bertz CT molecular complexity index is 95.5. The minimum Gasteiger partial charge on any atom is -0.370 e. The SMILES string of the molecule is CC(C)=O.CC1(C)CO1. The standard InChI is InChI=1S/C4H8O.C3H6O/c1-4(2)3-5-4;1-3(2)4/h3H2,1-2H3;1-2H3. The number of Topliss-reactive ketones (excluding diaryl/α,β-unsaturated/α-hetero) is 1. The van der Waals surface area contributed by atoms with Crippen molar-refractivity contribution in [1.29, 1.82) is 0 Å². The molecule has 0 bridgehead atoms. The Morgan fingerprint density at radius 1 is 1.44 bits per heavy atom. The monoisotopic (exact) mass is 130 g/mol. The van der Waals surface area contributed by atoms with Crippen LogP contribution in [-0.4, -0.2) is 18.0 Å². The molecule has 1 aliphatic heterocycles. The van der Waals surface area contributed by atoms with Crippen LogP contribution in [0, 0.1) is 0 Å². The van der Waals surface area contributed by atoms with Gasteiger partial charge in [0.2, 0.25) is 0 Å². The van der Waals surface area contributed by atoms with Crippen LogP contribution in [-0.2, 0) is 9.53 Å². The van der Waals surface area contributed by atoms with Crippen molar-refractivity contribution < 1.29 is 9.53 Å². The van der Waals surface area contributed by atoms with Crippen molar-refractivity contribution in [2.24, 2.45) is 0 Å². The summed E-state index contributed by atoms with van der Waals surface area (Å²) in [5.74, 6) is 0.167. The molecule has 0 saturated carbocycles. The van der Waals surface area contributed by atoms with Gasteiger partial charge in [0.1, 0.15) is 5.78 Å². The first-order valence-electron chi connectivity index (χ1n) is 3.05. The molecule has 0 aromatic heterocycles. The third-order valence-electron chi connectivity index (χ3n) is 0.722. The quantitative estimate of drug-likeness (QED) is 0.464. The molecule has 0 atom stereocenters. The van der Waals surface area contributed by atoms with Gasteiger partial charge < -0.3 is 9.53 Å². The number of hydrogen-bond donors (Lipinski definition) is 0. The number of hydrogen-bond acceptors (Lipinski definition) is 2. The Hall–Kier alpha value is -0.370. The van der Waals surface area contributed by atoms with Crippen molar-refractivity contribution in [2.45, 2.75) is 33.3 Å². The summed E-state index contributed by atoms with van der Waals surface area (Å²) in [4.78, 5) is 9.44. The number of carbonyl (C=O) groups is 1. The highest BCUT2D eigenvalue weighted by Gasteiger charge is 2.32. The molecule has 0 N–H and O–H groups in total. The topological polar surface area (TPSA) is 29.6 Å². The van der Waals surface area contributed by atoms with Gasteiger partial charge in [0.15, 0.2) is 0 Å². The van der Waals surface area contributed by atoms with E-state index in [-0.39, 0.29) is 11.4 Å². The van der Waals surface area contributed by atoms with Crippen LogP contribution >= 0.6 is 0 Å². The summed E-state index contributed by atoms with van der Waals surface area (Å²) in [5, 5.41) is 0. The third kappa shape index (κ3) is 11.3. The zero-order valence-electron chi connectivity index (χ0n) is 6.52. The molecular weight excluding hydrogens is 116 g/mol. The van der Waals surface area contributed by atoms with E-state index in [0.29, 0.717) is 0 Å². The fraction of sp³-hybridized carbons (Fsp3) is 0.857. The highest BCUT2D eigenvalue weighted by molar-refractivity contribution is 5.72. The smallest absolute Gasteiger partial charge is 0.126 e. The van der Waals surface area contributed by atoms with E-state index >= 15 is 0 Å². The summed E-state index contributed by atoms with van der Waals surface area (Å²) in [6.45, 7) is 8.16. The Morgan fingerprint density at radius 3 is 1.56 bits per heavy atom. The van der Waals surface area contributed by atoms with Gasteiger partial charge in [0.25, 0.3) is 0 Å². The van der Waals surface area contributed by atoms with Crippen molar-refractivity contribution in [3.05, 3.63) is 0 Å². The lowest BCUT2D eigenvalue weighted by Crippen LogP contribution is -1.90. The van der Waals surface area contributed by atoms with Crippen molar-refractivity contribution in [1.82, 2.24) is 0 Å². The molecule has 1 aliphatic rings. The lowest BCUT2D eigenvalue weighted by molar-refractivity contribution is -0.114. The predicted molar refractivity (Wildman–Crippen MR) is 36.4 cm³/mol. The van der Waals surface area contributed by atoms with Crippen molar-refractivity contribution in [2.75, 3.05) is 6.61 Å². The maximum absolute atomic E-state index is 9.44. The zero-order chi connectivity index (χ0) is 7.49. The molecule has 2 heteroatoms. The zero-order valence-corrected chi connectivity index (χ0v) is 6.52. The van der Waals surface area contributed by atoms with E-state index in [1.807, 2.05) is 0 Å². The van der Waals surface area contributed by atoms with E-state index in [9.17, 15) is 4.79 Å². The lowest BCUT2D eigenvalue weighted by atomic mass is 10.3. The van der Waals surface area contributed by atoms with Crippen molar-refractivity contribution >= 4 is 5.78 Å². The minimum atomic E-state index is 0.167. The van der Waals surface area contributed by atoms with Crippen molar-refractivity contribution in [3.63, 3.8) is 0 Å². The summed E-state index contributed by atoms with van der Waals surface area (Å²) >= 11 is 0. The number of ether oxygens (including phenoxy) is 1. The molecule has 2 nitrogen and oxygen atoms in total. The molecule has 0 radical (unpaired) electrons. The summed E-state index contributed by atoms with van der Waals surface area (Å²) in [6.07, 6.45) is 0. The second kappa shape index (κ2) is 2.97. The molecule has 0 amide bonds. The van der Waals surface area contributed by atoms with E-state index in [0.717, 1.165) is 6.61 Å². The van der Waals surface area contributed by atoms with Gasteiger partial charge in [-0.25, -0.2) is 0 Å². The van der Waals surface area contributed by atoms with Crippen LogP contribution in [0.5, 0.6) is 0 Å². The summed E-state index contributed by atoms with van der Waals surface area (Å²) < 4.78 is 4.90. The molecule has 0 aliphatic carbocycles. The molecule has 1 rings (SSSR count). The Morgan fingerprint density at radius 2 is 1.56 bits per heavy atom. The minimum absolute atomic E-state index is 0.167. The fourth-order valence-corrected chi connectivity index (χ4v) is 0.144. The molecule has 0 aromatic carbocycles. The molecular formula is C7H14O2. The normalized spacial score (nSPS) is 19.6. The largest absolute Gasteiger partial charge is 0.370 e. The van der Waals surface area contributed by atoms with Gasteiger partial charge in [-0.05, 0) is 27.7 Å². The second-order valence-corrected chi connectivity index (χ2v) is 2.96. The Balaban J connectivity index is 0.000000148. The molecule has 1 heterocycles. The number of carbonyl (C=O) groups excluding carboxylic acids is 1. The Kier molecular flexibility index (Phi) is 2.85. The predicted octanol–water partition coefficient (Wildman–Crippen LogP) is 1.39. The molecule has 54 valence electrons. The van der Waals surface area contributed by atoms with Gasteiger partial charge in [-0.15, -0.1) is 0 Å². The van der Waals surface area contributed by atoms with Gasteiger partial charge in [-0.3, -0.25) is 0 Å². The van der Waals surface area contributed by atoms with E-state index in [2.05, 4.69) is 13.8 Å². The van der Waals surface area contributed by atoms with Crippen LogP contribution in [0.1, 0.15) is 27.7 Å². The van der Waals surface area contributed by atoms with E-state index < -0.39 is 0 Å². The van der Waals surface area contributed by atoms with Gasteiger partial charge in [0, 0.05) is 0 Å². The Labute approximate surface area is 56.2 Å². The van der Waals surface area contributed by atoms with Gasteiger partial charge in [-0.2, -0.15) is 0 Å². The number of ketones is 1. The first-order valence-corrected chi connectivity index (χ1v) is 3.05. The van der Waals surface area contributed by atoms with E-state index in [4.69, 9.17) is 4.74 Å². The van der Waals surface area contributed by atoms with E-state index in [1.165, 1.54) is 13.8 Å². The summed E-state index contributed by atoms with van der Waals surface area (Å²) in [7, 11) is 0. The van der Waals surface area contributed by atoms with E-state index in [1.54, 1.807) is 0 Å². The molecule has 0 spiro atoms. The van der Waals surface area contributed by atoms with Crippen LogP contribution in [0.3, 0.4) is 0 Å². The van der Waals surface area contributed by atoms with Crippen LogP contribution in [0.15, 0.2) is 0 Å². The molecule has 9 heavy (non-hydrogen) atoms. The van der Waals surface area contributed by atoms with Crippen LogP contribution in [0.4, 0.5) is 0 Å². The number of epoxide rings is 1. The maximum Gasteiger partial charge on any atom is 0.126 e. The third-order valence-corrected chi connectivity index (χ3v) is 0.722. The maximum atomic E-state index is 9.44. The van der Waals surface area contributed by atoms with Gasteiger partial charge in [0.05, 0.1) is 12.2 Å². The molecule has 0 unspecified atom stereocenters. The summed E-state index contributed by atoms with van der Waals surface area (Å²) in [5.41, 5.74) is 0.250. The van der Waals surface area contributed by atoms with Crippen molar-refractivity contribution in [3.8, 4) is 0 Å². The van der Waals surface area contributed by atoms with Gasteiger partial charge in [-0.1, -0.05) is 0 Å². The highest BCUT2D eigenvalue weighted by Crippen LogP contribution is 2.23. The lowest BCUT2D eigenvalue weighted by Gasteiger charge is -1.81. The average molecular weight is 130 g/mol. The van der Waals surface area contributed by atoms with Crippen LogP contribution in [0.2, 0.25) is 0 Å². The average Bonchev–Trinajstić information content (AvgIpc) is 2.16. The first-order chi connectivity index (χ1) is 3.94. The molecule has 1 saturated heterocycles. The number of rotatable bonds is 0. The highest BCUT2D eigenvalue weighted by atomic mass is 16.6. The molecule has 1 fully saturated rings. The summed E-state index contributed by atoms with van der Waals surface area (Å²) in [6, 6.07) is 0. The fourth-order valence-electron chi connectivity index (χ4n) is 0.144. The second-order valence-electron chi connectivity index (χ2n) is 2.96.